The van der Waals surface area contributed by atoms with Gasteiger partial charge in [-0.15, -0.1) is 0 Å². The normalized spacial score (nSPS) is 11.9. The van der Waals surface area contributed by atoms with Gasteiger partial charge in [-0.1, -0.05) is 133 Å². The molecule has 0 fully saturated rings. The van der Waals surface area contributed by atoms with Crippen LogP contribution in [0.4, 0.5) is 17.6 Å². The zero-order chi connectivity index (χ0) is 30.5. The molecule has 0 saturated carbocycles. The largest absolute Gasteiger partial charge is 0.277 e. The summed E-state index contributed by atoms with van der Waals surface area (Å²) in [5.74, 6) is 1.30. The SMILES string of the molecule is c1ccc(-c2ccc(-c3cc(-c4ccccc4)nc(N4c5ccccc5-c5ccccc5-n5c4nc4ccccc45)n3)cc2)cc1. The Balaban J connectivity index is 1.31. The Morgan fingerprint density at radius 3 is 1.61 bits per heavy atom. The Hall–Kier alpha value is -6.33. The molecule has 0 N–H and O–H groups in total. The standard InChI is InChI=1S/C41H27N5/c1-3-13-28(14-4-1)29-23-25-31(26-24-29)36-27-35(30-15-5-2-6-16-30)42-40(43-36)46-38-21-11-8-18-33(38)32-17-7-10-20-37(32)45-39-22-12-9-19-34(39)44-41(45)46/h1-27H. The first kappa shape index (κ1) is 26.1. The molecule has 1 aliphatic rings. The summed E-state index contributed by atoms with van der Waals surface area (Å²) in [6, 6.07) is 56.7. The maximum Gasteiger partial charge on any atom is 0.238 e. The van der Waals surface area contributed by atoms with Gasteiger partial charge in [0.15, 0.2) is 0 Å². The number of hydrogen-bond acceptors (Lipinski definition) is 4. The smallest absolute Gasteiger partial charge is 0.238 e. The Morgan fingerprint density at radius 2 is 0.891 bits per heavy atom. The molecule has 0 unspecified atom stereocenters. The van der Waals surface area contributed by atoms with Crippen molar-refractivity contribution in [2.75, 3.05) is 4.90 Å². The van der Waals surface area contributed by atoms with Crippen LogP contribution in [0.15, 0.2) is 164 Å². The molecule has 2 aromatic heterocycles. The molecule has 0 spiro atoms. The summed E-state index contributed by atoms with van der Waals surface area (Å²) in [7, 11) is 0. The molecule has 3 heterocycles. The average molecular weight is 590 g/mol. The van der Waals surface area contributed by atoms with Gasteiger partial charge in [-0.25, -0.2) is 19.9 Å². The summed E-state index contributed by atoms with van der Waals surface area (Å²) in [5.41, 5.74) is 12.3. The first-order chi connectivity index (χ1) is 22.8. The lowest BCUT2D eigenvalue weighted by atomic mass is 10.0. The molecular weight excluding hydrogens is 562 g/mol. The average Bonchev–Trinajstić information content (AvgIpc) is 3.46. The fourth-order valence-electron chi connectivity index (χ4n) is 6.40. The molecule has 1 aliphatic heterocycles. The van der Waals surface area contributed by atoms with Gasteiger partial charge in [-0.3, -0.25) is 4.57 Å². The number of benzene rings is 6. The fourth-order valence-corrected chi connectivity index (χ4v) is 6.40. The van der Waals surface area contributed by atoms with Crippen LogP contribution < -0.4 is 4.90 Å². The molecule has 9 rings (SSSR count). The maximum atomic E-state index is 5.29. The number of imidazole rings is 1. The highest BCUT2D eigenvalue weighted by Crippen LogP contribution is 2.47. The van der Waals surface area contributed by atoms with Gasteiger partial charge < -0.3 is 0 Å². The first-order valence-corrected chi connectivity index (χ1v) is 15.4. The van der Waals surface area contributed by atoms with Crippen molar-refractivity contribution < 1.29 is 0 Å². The zero-order valence-electron chi connectivity index (χ0n) is 24.8. The number of hydrogen-bond donors (Lipinski definition) is 0. The lowest BCUT2D eigenvalue weighted by Gasteiger charge is -2.23. The van der Waals surface area contributed by atoms with E-state index in [0.717, 1.165) is 67.6 Å². The van der Waals surface area contributed by atoms with Crippen LogP contribution in [0.5, 0.6) is 0 Å². The molecule has 0 aliphatic carbocycles. The number of para-hydroxylation sites is 4. The molecule has 0 radical (unpaired) electrons. The molecule has 0 bridgehead atoms. The Morgan fingerprint density at radius 1 is 0.391 bits per heavy atom. The van der Waals surface area contributed by atoms with Crippen molar-refractivity contribution in [1.82, 2.24) is 19.5 Å². The molecule has 5 nitrogen and oxygen atoms in total. The molecule has 0 atom stereocenters. The summed E-state index contributed by atoms with van der Waals surface area (Å²) in [4.78, 5) is 17.9. The third-order valence-electron chi connectivity index (χ3n) is 8.59. The summed E-state index contributed by atoms with van der Waals surface area (Å²) < 4.78 is 2.23. The van der Waals surface area contributed by atoms with Gasteiger partial charge in [0.1, 0.15) is 0 Å². The summed E-state index contributed by atoms with van der Waals surface area (Å²) >= 11 is 0. The minimum Gasteiger partial charge on any atom is -0.277 e. The lowest BCUT2D eigenvalue weighted by molar-refractivity contribution is 0.999. The predicted molar refractivity (Wildman–Crippen MR) is 187 cm³/mol. The van der Waals surface area contributed by atoms with Crippen molar-refractivity contribution in [3.63, 3.8) is 0 Å². The van der Waals surface area contributed by atoms with E-state index in [1.165, 1.54) is 5.56 Å². The lowest BCUT2D eigenvalue weighted by Crippen LogP contribution is -2.17. The highest BCUT2D eigenvalue weighted by atomic mass is 15.4. The van der Waals surface area contributed by atoms with Gasteiger partial charge in [-0.2, -0.15) is 0 Å². The van der Waals surface area contributed by atoms with E-state index in [9.17, 15) is 0 Å². The molecule has 216 valence electrons. The molecular formula is C41H27N5. The summed E-state index contributed by atoms with van der Waals surface area (Å²) in [5, 5.41) is 0. The Kier molecular flexibility index (Phi) is 6.06. The van der Waals surface area contributed by atoms with Gasteiger partial charge in [-0.05, 0) is 41.5 Å². The fraction of sp³-hybridized carbons (Fsp3) is 0. The van der Waals surface area contributed by atoms with Crippen LogP contribution in [0.1, 0.15) is 0 Å². The number of fused-ring (bicyclic) bond motifs is 7. The van der Waals surface area contributed by atoms with Crippen molar-refractivity contribution >= 4 is 28.6 Å². The molecule has 0 amide bonds. The summed E-state index contributed by atoms with van der Waals surface area (Å²) in [6.45, 7) is 0. The third kappa shape index (κ3) is 4.29. The number of aromatic nitrogens is 4. The van der Waals surface area contributed by atoms with Gasteiger partial charge in [0.2, 0.25) is 11.9 Å². The quantitative estimate of drug-likeness (QED) is 0.205. The van der Waals surface area contributed by atoms with Crippen LogP contribution in [-0.2, 0) is 0 Å². The second-order valence-electron chi connectivity index (χ2n) is 11.4. The molecule has 46 heavy (non-hydrogen) atoms. The van der Waals surface area contributed by atoms with E-state index in [-0.39, 0.29) is 0 Å². The topological polar surface area (TPSA) is 46.8 Å². The van der Waals surface area contributed by atoms with E-state index >= 15 is 0 Å². The van der Waals surface area contributed by atoms with Crippen LogP contribution in [0.2, 0.25) is 0 Å². The molecule has 0 saturated heterocycles. The van der Waals surface area contributed by atoms with Gasteiger partial charge in [0, 0.05) is 22.3 Å². The van der Waals surface area contributed by atoms with E-state index in [4.69, 9.17) is 15.0 Å². The van der Waals surface area contributed by atoms with Crippen molar-refractivity contribution in [3.05, 3.63) is 164 Å². The second kappa shape index (κ2) is 10.7. The Bertz CT molecular complexity index is 2360. The van der Waals surface area contributed by atoms with E-state index in [1.54, 1.807) is 0 Å². The third-order valence-corrected chi connectivity index (χ3v) is 8.59. The molecule has 5 heteroatoms. The van der Waals surface area contributed by atoms with Crippen molar-refractivity contribution in [1.29, 1.82) is 0 Å². The van der Waals surface area contributed by atoms with Crippen molar-refractivity contribution in [2.45, 2.75) is 0 Å². The maximum absolute atomic E-state index is 5.29. The highest BCUT2D eigenvalue weighted by molar-refractivity contribution is 5.95. The van der Waals surface area contributed by atoms with E-state index in [0.29, 0.717) is 5.95 Å². The minimum atomic E-state index is 0.556. The highest BCUT2D eigenvalue weighted by Gasteiger charge is 2.31. The first-order valence-electron chi connectivity index (χ1n) is 15.4. The van der Waals surface area contributed by atoms with E-state index in [1.807, 2.05) is 30.3 Å². The molecule has 6 aromatic carbocycles. The Labute approximate surface area is 266 Å². The predicted octanol–water partition coefficient (Wildman–Crippen LogP) is 10.3. The van der Waals surface area contributed by atoms with E-state index in [2.05, 4.69) is 143 Å². The molecule has 8 aromatic rings. The van der Waals surface area contributed by atoms with Gasteiger partial charge >= 0.3 is 0 Å². The van der Waals surface area contributed by atoms with Gasteiger partial charge in [0.25, 0.3) is 0 Å². The number of anilines is 3. The van der Waals surface area contributed by atoms with Crippen LogP contribution in [-0.4, -0.2) is 19.5 Å². The number of rotatable bonds is 4. The number of nitrogens with zero attached hydrogens (tertiary/aromatic N) is 5. The second-order valence-corrected chi connectivity index (χ2v) is 11.4. The minimum absolute atomic E-state index is 0.556. The van der Waals surface area contributed by atoms with Crippen LogP contribution >= 0.6 is 0 Å². The van der Waals surface area contributed by atoms with Crippen LogP contribution in [0.3, 0.4) is 0 Å². The van der Waals surface area contributed by atoms with E-state index < -0.39 is 0 Å². The van der Waals surface area contributed by atoms with Crippen molar-refractivity contribution in [3.8, 4) is 50.5 Å². The summed E-state index contributed by atoms with van der Waals surface area (Å²) in [6.07, 6.45) is 0. The van der Waals surface area contributed by atoms with Crippen LogP contribution in [0.25, 0.3) is 61.5 Å². The van der Waals surface area contributed by atoms with Gasteiger partial charge in [0.05, 0.1) is 33.8 Å². The monoisotopic (exact) mass is 589 g/mol. The van der Waals surface area contributed by atoms with Crippen LogP contribution in [0, 0.1) is 0 Å². The zero-order valence-corrected chi connectivity index (χ0v) is 24.8. The van der Waals surface area contributed by atoms with Crippen molar-refractivity contribution in [2.24, 2.45) is 0 Å².